The SMILES string of the molecule is CC12CCC(C1)C(C)(C)C2NCCCC(N)=O. The van der Waals surface area contributed by atoms with Gasteiger partial charge in [-0.05, 0) is 49.0 Å². The highest BCUT2D eigenvalue weighted by Gasteiger charge is 2.58. The maximum Gasteiger partial charge on any atom is 0.217 e. The Labute approximate surface area is 105 Å². The number of carbonyl (C=O) groups is 1. The van der Waals surface area contributed by atoms with Crippen LogP contribution < -0.4 is 11.1 Å². The number of carbonyl (C=O) groups excluding carboxylic acids is 1. The predicted octanol–water partition coefficient (Wildman–Crippen LogP) is 2.06. The Morgan fingerprint density at radius 3 is 2.65 bits per heavy atom. The van der Waals surface area contributed by atoms with Gasteiger partial charge < -0.3 is 11.1 Å². The lowest BCUT2D eigenvalue weighted by Gasteiger charge is -2.43. The second-order valence-electron chi connectivity index (χ2n) is 6.87. The molecule has 98 valence electrons. The molecule has 17 heavy (non-hydrogen) atoms. The fourth-order valence-corrected chi connectivity index (χ4v) is 4.32. The van der Waals surface area contributed by atoms with Crippen LogP contribution in [0.4, 0.5) is 0 Å². The lowest BCUT2D eigenvalue weighted by molar-refractivity contribution is -0.118. The van der Waals surface area contributed by atoms with E-state index in [1.807, 2.05) is 0 Å². The van der Waals surface area contributed by atoms with Gasteiger partial charge in [-0.25, -0.2) is 0 Å². The van der Waals surface area contributed by atoms with Gasteiger partial charge in [0.15, 0.2) is 0 Å². The fourth-order valence-electron chi connectivity index (χ4n) is 4.32. The summed E-state index contributed by atoms with van der Waals surface area (Å²) in [5.74, 6) is 0.686. The first kappa shape index (κ1) is 12.9. The topological polar surface area (TPSA) is 55.1 Å². The number of amides is 1. The molecule has 0 aromatic heterocycles. The van der Waals surface area contributed by atoms with E-state index in [2.05, 4.69) is 26.1 Å². The molecule has 2 aliphatic rings. The average Bonchev–Trinajstić information content (AvgIpc) is 2.67. The minimum absolute atomic E-state index is 0.190. The van der Waals surface area contributed by atoms with E-state index in [-0.39, 0.29) is 5.91 Å². The standard InChI is InChI=1S/C14H26N2O/c1-13(2)10-6-7-14(3,9-10)12(13)16-8-4-5-11(15)17/h10,12,16H,4-9H2,1-3H3,(H2,15,17). The molecule has 0 spiro atoms. The van der Waals surface area contributed by atoms with E-state index in [1.165, 1.54) is 19.3 Å². The van der Waals surface area contributed by atoms with Gasteiger partial charge in [0, 0.05) is 12.5 Å². The maximum absolute atomic E-state index is 10.7. The summed E-state index contributed by atoms with van der Waals surface area (Å²) in [7, 11) is 0. The fraction of sp³-hybridized carbons (Fsp3) is 0.929. The zero-order chi connectivity index (χ0) is 12.7. The highest BCUT2D eigenvalue weighted by Crippen LogP contribution is 2.62. The lowest BCUT2D eigenvalue weighted by atomic mass is 9.68. The maximum atomic E-state index is 10.7. The first-order valence-corrected chi connectivity index (χ1v) is 6.88. The number of fused-ring (bicyclic) bond motifs is 2. The molecule has 0 aromatic carbocycles. The first-order valence-electron chi connectivity index (χ1n) is 6.88. The molecule has 2 aliphatic carbocycles. The average molecular weight is 238 g/mol. The van der Waals surface area contributed by atoms with Gasteiger partial charge in [-0.3, -0.25) is 4.79 Å². The van der Waals surface area contributed by atoms with Crippen molar-refractivity contribution in [3.8, 4) is 0 Å². The number of rotatable bonds is 5. The summed E-state index contributed by atoms with van der Waals surface area (Å²) in [6, 6.07) is 0.599. The molecule has 2 saturated carbocycles. The molecule has 3 nitrogen and oxygen atoms in total. The third kappa shape index (κ3) is 2.22. The van der Waals surface area contributed by atoms with Crippen molar-refractivity contribution < 1.29 is 4.79 Å². The van der Waals surface area contributed by atoms with Crippen molar-refractivity contribution in [3.05, 3.63) is 0 Å². The predicted molar refractivity (Wildman–Crippen MR) is 69.4 cm³/mol. The number of hydrogen-bond donors (Lipinski definition) is 2. The molecule has 0 aromatic rings. The quantitative estimate of drug-likeness (QED) is 0.720. The van der Waals surface area contributed by atoms with E-state index < -0.39 is 0 Å². The van der Waals surface area contributed by atoms with Crippen molar-refractivity contribution in [2.75, 3.05) is 6.54 Å². The summed E-state index contributed by atoms with van der Waals surface area (Å²) in [6.07, 6.45) is 5.48. The third-order valence-electron chi connectivity index (χ3n) is 5.22. The van der Waals surface area contributed by atoms with Gasteiger partial charge >= 0.3 is 0 Å². The van der Waals surface area contributed by atoms with E-state index in [9.17, 15) is 4.79 Å². The molecule has 3 atom stereocenters. The summed E-state index contributed by atoms with van der Waals surface area (Å²) in [5.41, 5.74) is 6.04. The molecule has 2 rings (SSSR count). The van der Waals surface area contributed by atoms with Crippen LogP contribution in [-0.2, 0) is 4.79 Å². The zero-order valence-electron chi connectivity index (χ0n) is 11.4. The highest BCUT2D eigenvalue weighted by atomic mass is 16.1. The molecule has 1 amide bonds. The second-order valence-corrected chi connectivity index (χ2v) is 6.87. The molecule has 3 N–H and O–H groups in total. The minimum Gasteiger partial charge on any atom is -0.370 e. The zero-order valence-corrected chi connectivity index (χ0v) is 11.4. The van der Waals surface area contributed by atoms with Gasteiger partial charge in [-0.15, -0.1) is 0 Å². The second kappa shape index (κ2) is 4.27. The molecular formula is C14H26N2O. The summed E-state index contributed by atoms with van der Waals surface area (Å²) in [6.45, 7) is 8.13. The van der Waals surface area contributed by atoms with Crippen molar-refractivity contribution in [2.24, 2.45) is 22.5 Å². The molecule has 3 unspecified atom stereocenters. The summed E-state index contributed by atoms with van der Waals surface area (Å²) < 4.78 is 0. The molecule has 0 heterocycles. The Kier molecular flexibility index (Phi) is 3.23. The van der Waals surface area contributed by atoms with Crippen LogP contribution in [0.2, 0.25) is 0 Å². The van der Waals surface area contributed by atoms with Crippen molar-refractivity contribution in [2.45, 2.75) is 58.9 Å². The molecule has 3 heteroatoms. The molecule has 2 bridgehead atoms. The van der Waals surface area contributed by atoms with Crippen LogP contribution >= 0.6 is 0 Å². The molecular weight excluding hydrogens is 212 g/mol. The van der Waals surface area contributed by atoms with Crippen LogP contribution in [0, 0.1) is 16.7 Å². The largest absolute Gasteiger partial charge is 0.370 e. The van der Waals surface area contributed by atoms with Gasteiger partial charge in [0.1, 0.15) is 0 Å². The Balaban J connectivity index is 1.89. The smallest absolute Gasteiger partial charge is 0.217 e. The van der Waals surface area contributed by atoms with Crippen molar-refractivity contribution in [1.29, 1.82) is 0 Å². The van der Waals surface area contributed by atoms with Crippen LogP contribution in [0.1, 0.15) is 52.9 Å². The van der Waals surface area contributed by atoms with Crippen LogP contribution in [0.15, 0.2) is 0 Å². The van der Waals surface area contributed by atoms with E-state index in [4.69, 9.17) is 5.73 Å². The van der Waals surface area contributed by atoms with Gasteiger partial charge in [0.05, 0.1) is 0 Å². The van der Waals surface area contributed by atoms with Gasteiger partial charge in [0.25, 0.3) is 0 Å². The Hall–Kier alpha value is -0.570. The monoisotopic (exact) mass is 238 g/mol. The highest BCUT2D eigenvalue weighted by molar-refractivity contribution is 5.73. The van der Waals surface area contributed by atoms with Crippen LogP contribution in [0.3, 0.4) is 0 Å². The van der Waals surface area contributed by atoms with E-state index in [0.29, 0.717) is 23.3 Å². The van der Waals surface area contributed by atoms with E-state index in [1.54, 1.807) is 0 Å². The van der Waals surface area contributed by atoms with Gasteiger partial charge in [0.2, 0.25) is 5.91 Å². The van der Waals surface area contributed by atoms with Gasteiger partial charge in [-0.2, -0.15) is 0 Å². The van der Waals surface area contributed by atoms with Crippen molar-refractivity contribution in [3.63, 3.8) is 0 Å². The number of hydrogen-bond acceptors (Lipinski definition) is 2. The first-order chi connectivity index (χ1) is 7.86. The number of nitrogens with two attached hydrogens (primary N) is 1. The lowest BCUT2D eigenvalue weighted by Crippen LogP contribution is -2.50. The molecule has 0 aliphatic heterocycles. The Bertz CT molecular complexity index is 309. The van der Waals surface area contributed by atoms with Crippen LogP contribution in [0.25, 0.3) is 0 Å². The van der Waals surface area contributed by atoms with Crippen LogP contribution in [-0.4, -0.2) is 18.5 Å². The van der Waals surface area contributed by atoms with Crippen molar-refractivity contribution >= 4 is 5.91 Å². The van der Waals surface area contributed by atoms with E-state index >= 15 is 0 Å². The summed E-state index contributed by atoms with van der Waals surface area (Å²) >= 11 is 0. The summed E-state index contributed by atoms with van der Waals surface area (Å²) in [5, 5.41) is 3.69. The van der Waals surface area contributed by atoms with Crippen LogP contribution in [0.5, 0.6) is 0 Å². The number of nitrogens with one attached hydrogen (secondary N) is 1. The van der Waals surface area contributed by atoms with E-state index in [0.717, 1.165) is 18.9 Å². The number of primary amides is 1. The molecule has 0 saturated heterocycles. The Morgan fingerprint density at radius 2 is 2.12 bits per heavy atom. The van der Waals surface area contributed by atoms with Crippen molar-refractivity contribution in [1.82, 2.24) is 5.32 Å². The normalized spacial score (nSPS) is 38.5. The summed E-state index contributed by atoms with van der Waals surface area (Å²) in [4.78, 5) is 10.7. The molecule has 0 radical (unpaired) electrons. The molecule has 2 fully saturated rings. The minimum atomic E-state index is -0.190. The third-order valence-corrected chi connectivity index (χ3v) is 5.22. The van der Waals surface area contributed by atoms with Gasteiger partial charge in [-0.1, -0.05) is 20.8 Å². The Morgan fingerprint density at radius 1 is 1.41 bits per heavy atom.